The maximum absolute atomic E-state index is 12.1. The molecule has 2 N–H and O–H groups in total. The van der Waals surface area contributed by atoms with E-state index in [4.69, 9.17) is 9.84 Å². The minimum Gasteiger partial charge on any atom is -0.480 e. The predicted molar refractivity (Wildman–Crippen MR) is 77.0 cm³/mol. The van der Waals surface area contributed by atoms with Crippen LogP contribution in [0.5, 0.6) is 0 Å². The van der Waals surface area contributed by atoms with Crippen LogP contribution in [0.2, 0.25) is 0 Å². The van der Waals surface area contributed by atoms with Gasteiger partial charge in [-0.3, -0.25) is 4.79 Å². The van der Waals surface area contributed by atoms with E-state index in [0.717, 1.165) is 5.56 Å². The Kier molecular flexibility index (Phi) is 4.98. The first kappa shape index (κ1) is 15.8. The van der Waals surface area contributed by atoms with Crippen molar-refractivity contribution in [3.05, 3.63) is 35.9 Å². The Morgan fingerprint density at radius 1 is 1.41 bits per heavy atom. The number of ether oxygens (including phenoxy) is 1. The number of carboxylic acid groups (broad SMARTS) is 1. The van der Waals surface area contributed by atoms with Crippen LogP contribution < -0.4 is 5.32 Å². The third-order valence-corrected chi connectivity index (χ3v) is 3.57. The number of carboxylic acids is 1. The first-order chi connectivity index (χ1) is 10.5. The topological polar surface area (TPSA) is 95.9 Å². The highest BCUT2D eigenvalue weighted by atomic mass is 16.5. The average Bonchev–Trinajstić information content (AvgIpc) is 2.86. The fourth-order valence-corrected chi connectivity index (χ4v) is 2.26. The van der Waals surface area contributed by atoms with Crippen LogP contribution in [0.1, 0.15) is 18.9 Å². The van der Waals surface area contributed by atoms with E-state index in [1.54, 1.807) is 0 Å². The zero-order valence-electron chi connectivity index (χ0n) is 12.2. The standard InChI is InChI=1S/C15H18N2O5/c1-10(14(19)20)17-8-7-12(13(17)18)16-15(21)22-9-11-5-3-2-4-6-11/h2-6,10,12H,7-9H2,1H3,(H,16,21)(H,19,20)/t10-,12-/m1/s1. The van der Waals surface area contributed by atoms with Crippen LogP contribution in [0.15, 0.2) is 30.3 Å². The van der Waals surface area contributed by atoms with Gasteiger partial charge in [0, 0.05) is 6.54 Å². The summed E-state index contributed by atoms with van der Waals surface area (Å²) in [5.41, 5.74) is 0.844. The molecule has 0 aromatic heterocycles. The number of hydrogen-bond donors (Lipinski definition) is 2. The maximum Gasteiger partial charge on any atom is 0.408 e. The second-order valence-corrected chi connectivity index (χ2v) is 5.09. The molecule has 1 heterocycles. The van der Waals surface area contributed by atoms with Crippen LogP contribution in [0.3, 0.4) is 0 Å². The summed E-state index contributed by atoms with van der Waals surface area (Å²) in [6.07, 6.45) is -0.316. The monoisotopic (exact) mass is 306 g/mol. The predicted octanol–water partition coefficient (Wildman–Crippen LogP) is 0.987. The van der Waals surface area contributed by atoms with Gasteiger partial charge in [0.2, 0.25) is 5.91 Å². The van der Waals surface area contributed by atoms with Crippen molar-refractivity contribution in [3.8, 4) is 0 Å². The molecule has 0 radical (unpaired) electrons. The van der Waals surface area contributed by atoms with E-state index >= 15 is 0 Å². The molecule has 1 aliphatic heterocycles. The number of nitrogens with zero attached hydrogens (tertiary/aromatic N) is 1. The second-order valence-electron chi connectivity index (χ2n) is 5.09. The van der Waals surface area contributed by atoms with Crippen LogP contribution in [-0.2, 0) is 20.9 Å². The maximum atomic E-state index is 12.1. The smallest absolute Gasteiger partial charge is 0.408 e. The minimum absolute atomic E-state index is 0.114. The number of alkyl carbamates (subject to hydrolysis) is 1. The lowest BCUT2D eigenvalue weighted by Crippen LogP contribution is -2.46. The molecule has 118 valence electrons. The normalized spacial score (nSPS) is 18.9. The second kappa shape index (κ2) is 6.93. The van der Waals surface area contributed by atoms with Crippen LogP contribution >= 0.6 is 0 Å². The minimum atomic E-state index is -1.07. The van der Waals surface area contributed by atoms with Gasteiger partial charge < -0.3 is 20.1 Å². The van der Waals surface area contributed by atoms with Gasteiger partial charge in [-0.05, 0) is 18.9 Å². The average molecular weight is 306 g/mol. The third-order valence-electron chi connectivity index (χ3n) is 3.57. The SMILES string of the molecule is C[C@H](C(=O)O)N1CC[C@@H](NC(=O)OCc2ccccc2)C1=O. The molecule has 2 rings (SSSR count). The quantitative estimate of drug-likeness (QED) is 0.845. The van der Waals surface area contributed by atoms with Gasteiger partial charge >= 0.3 is 12.1 Å². The summed E-state index contributed by atoms with van der Waals surface area (Å²) in [6, 6.07) is 7.54. The first-order valence-electron chi connectivity index (χ1n) is 6.99. The van der Waals surface area contributed by atoms with Crippen LogP contribution in [0.4, 0.5) is 4.79 Å². The van der Waals surface area contributed by atoms with Crippen molar-refractivity contribution in [1.82, 2.24) is 10.2 Å². The molecule has 2 atom stereocenters. The van der Waals surface area contributed by atoms with E-state index in [-0.39, 0.29) is 6.61 Å². The molecule has 7 heteroatoms. The van der Waals surface area contributed by atoms with Gasteiger partial charge in [-0.15, -0.1) is 0 Å². The van der Waals surface area contributed by atoms with Crippen molar-refractivity contribution >= 4 is 18.0 Å². The summed E-state index contributed by atoms with van der Waals surface area (Å²) in [4.78, 5) is 35.9. The van der Waals surface area contributed by atoms with E-state index in [2.05, 4.69) is 5.32 Å². The molecule has 1 aliphatic rings. The van der Waals surface area contributed by atoms with Crippen molar-refractivity contribution in [2.24, 2.45) is 0 Å². The number of carbonyl (C=O) groups excluding carboxylic acids is 2. The molecule has 0 saturated carbocycles. The molecule has 1 aromatic rings. The molecule has 1 aromatic carbocycles. The Morgan fingerprint density at radius 2 is 2.09 bits per heavy atom. The number of amides is 2. The molecule has 0 aliphatic carbocycles. The van der Waals surface area contributed by atoms with E-state index in [1.807, 2.05) is 30.3 Å². The highest BCUT2D eigenvalue weighted by molar-refractivity contribution is 5.90. The molecule has 1 saturated heterocycles. The highest BCUT2D eigenvalue weighted by Crippen LogP contribution is 2.15. The zero-order valence-corrected chi connectivity index (χ0v) is 12.2. The summed E-state index contributed by atoms with van der Waals surface area (Å²) in [5.74, 6) is -1.47. The number of carbonyl (C=O) groups is 3. The lowest BCUT2D eigenvalue weighted by molar-refractivity contribution is -0.147. The van der Waals surface area contributed by atoms with Crippen LogP contribution in [-0.4, -0.2) is 46.6 Å². The van der Waals surface area contributed by atoms with E-state index in [0.29, 0.717) is 13.0 Å². The molecule has 1 fully saturated rings. The summed E-state index contributed by atoms with van der Waals surface area (Å²) >= 11 is 0. The third kappa shape index (κ3) is 3.75. The van der Waals surface area contributed by atoms with Crippen molar-refractivity contribution < 1.29 is 24.2 Å². The largest absolute Gasteiger partial charge is 0.480 e. The summed E-state index contributed by atoms with van der Waals surface area (Å²) in [5, 5.41) is 11.4. The molecule has 22 heavy (non-hydrogen) atoms. The van der Waals surface area contributed by atoms with Gasteiger partial charge in [-0.25, -0.2) is 9.59 Å². The Balaban J connectivity index is 1.82. The number of aliphatic carboxylic acids is 1. The van der Waals surface area contributed by atoms with Gasteiger partial charge in [-0.2, -0.15) is 0 Å². The van der Waals surface area contributed by atoms with Crippen LogP contribution in [0, 0.1) is 0 Å². The van der Waals surface area contributed by atoms with E-state index in [1.165, 1.54) is 11.8 Å². The Morgan fingerprint density at radius 3 is 2.73 bits per heavy atom. The Labute approximate surface area is 127 Å². The molecule has 2 amide bonds. The van der Waals surface area contributed by atoms with Gasteiger partial charge in [0.15, 0.2) is 0 Å². The highest BCUT2D eigenvalue weighted by Gasteiger charge is 2.37. The molecule has 0 bridgehead atoms. The van der Waals surface area contributed by atoms with Crippen molar-refractivity contribution in [3.63, 3.8) is 0 Å². The summed E-state index contributed by atoms with van der Waals surface area (Å²) < 4.78 is 5.04. The first-order valence-corrected chi connectivity index (χ1v) is 6.99. The summed E-state index contributed by atoms with van der Waals surface area (Å²) in [6.45, 7) is 1.86. The molecule has 0 spiro atoms. The fraction of sp³-hybridized carbons (Fsp3) is 0.400. The van der Waals surface area contributed by atoms with Crippen molar-refractivity contribution in [2.75, 3.05) is 6.54 Å². The van der Waals surface area contributed by atoms with E-state index in [9.17, 15) is 14.4 Å². The van der Waals surface area contributed by atoms with E-state index < -0.39 is 30.1 Å². The number of rotatable bonds is 5. The number of hydrogen-bond acceptors (Lipinski definition) is 4. The Hall–Kier alpha value is -2.57. The molecule has 0 unspecified atom stereocenters. The van der Waals surface area contributed by atoms with Gasteiger partial charge in [0.1, 0.15) is 18.7 Å². The number of nitrogens with one attached hydrogen (secondary N) is 1. The van der Waals surface area contributed by atoms with Gasteiger partial charge in [0.05, 0.1) is 0 Å². The number of benzene rings is 1. The van der Waals surface area contributed by atoms with Crippen LogP contribution in [0.25, 0.3) is 0 Å². The van der Waals surface area contributed by atoms with Crippen molar-refractivity contribution in [1.29, 1.82) is 0 Å². The fourth-order valence-electron chi connectivity index (χ4n) is 2.26. The van der Waals surface area contributed by atoms with Crippen molar-refractivity contribution in [2.45, 2.75) is 32.0 Å². The lowest BCUT2D eigenvalue weighted by Gasteiger charge is -2.21. The lowest BCUT2D eigenvalue weighted by atomic mass is 10.2. The number of likely N-dealkylation sites (tertiary alicyclic amines) is 1. The molecular weight excluding hydrogens is 288 g/mol. The summed E-state index contributed by atoms with van der Waals surface area (Å²) in [7, 11) is 0. The van der Waals surface area contributed by atoms with Gasteiger partial charge in [-0.1, -0.05) is 30.3 Å². The molecule has 7 nitrogen and oxygen atoms in total. The molecular formula is C15H18N2O5. The Bertz CT molecular complexity index is 560. The van der Waals surface area contributed by atoms with Gasteiger partial charge in [0.25, 0.3) is 0 Å². The zero-order chi connectivity index (χ0) is 16.1.